The van der Waals surface area contributed by atoms with Crippen LogP contribution in [0.15, 0.2) is 6.33 Å². The van der Waals surface area contributed by atoms with Crippen molar-refractivity contribution in [2.24, 2.45) is 0 Å². The minimum Gasteiger partial charge on any atom is -0.366 e. The molecule has 6 nitrogen and oxygen atoms in total. The van der Waals surface area contributed by atoms with E-state index in [-0.39, 0.29) is 0 Å². The molecule has 0 saturated heterocycles. The summed E-state index contributed by atoms with van der Waals surface area (Å²) < 4.78 is 0. The average Bonchev–Trinajstić information content (AvgIpc) is 2.75. The highest BCUT2D eigenvalue weighted by atomic mass is 32.1. The summed E-state index contributed by atoms with van der Waals surface area (Å²) in [7, 11) is 1.80. The largest absolute Gasteiger partial charge is 0.366 e. The van der Waals surface area contributed by atoms with Gasteiger partial charge in [0, 0.05) is 33.1 Å². The maximum Gasteiger partial charge on any atom is 0.166 e. The van der Waals surface area contributed by atoms with Crippen molar-refractivity contribution in [3.05, 3.63) is 12.2 Å². The van der Waals surface area contributed by atoms with E-state index in [2.05, 4.69) is 31.1 Å². The highest BCUT2D eigenvalue weighted by Gasteiger charge is 1.95. The van der Waals surface area contributed by atoms with Gasteiger partial charge in [-0.05, 0) is 12.2 Å². The summed E-state index contributed by atoms with van der Waals surface area (Å²) >= 11 is 4.92. The third kappa shape index (κ3) is 5.28. The van der Waals surface area contributed by atoms with Gasteiger partial charge in [-0.2, -0.15) is 5.10 Å². The van der Waals surface area contributed by atoms with E-state index in [4.69, 9.17) is 12.2 Å². The van der Waals surface area contributed by atoms with Crippen molar-refractivity contribution >= 4 is 17.3 Å². The van der Waals surface area contributed by atoms with Gasteiger partial charge < -0.3 is 16.0 Å². The van der Waals surface area contributed by atoms with E-state index >= 15 is 0 Å². The van der Waals surface area contributed by atoms with Crippen molar-refractivity contribution in [3.63, 3.8) is 0 Å². The molecule has 0 unspecified atom stereocenters. The number of aromatic nitrogens is 3. The molecule has 1 aromatic heterocycles. The van der Waals surface area contributed by atoms with E-state index in [0.717, 1.165) is 31.9 Å². The van der Waals surface area contributed by atoms with Crippen molar-refractivity contribution in [3.8, 4) is 0 Å². The molecule has 0 fully saturated rings. The van der Waals surface area contributed by atoms with Gasteiger partial charge in [-0.1, -0.05) is 0 Å². The van der Waals surface area contributed by atoms with Gasteiger partial charge >= 0.3 is 0 Å². The molecule has 7 heteroatoms. The maximum atomic E-state index is 4.92. The van der Waals surface area contributed by atoms with Crippen LogP contribution in [0.1, 0.15) is 5.82 Å². The van der Waals surface area contributed by atoms with E-state index < -0.39 is 0 Å². The van der Waals surface area contributed by atoms with E-state index in [1.54, 1.807) is 13.4 Å². The summed E-state index contributed by atoms with van der Waals surface area (Å²) in [4.78, 5) is 4.02. The third-order valence-electron chi connectivity index (χ3n) is 1.80. The van der Waals surface area contributed by atoms with Gasteiger partial charge in [-0.15, -0.1) is 0 Å². The van der Waals surface area contributed by atoms with Crippen LogP contribution in [-0.4, -0.2) is 47.0 Å². The molecule has 0 radical (unpaired) electrons. The lowest BCUT2D eigenvalue weighted by Gasteiger charge is -2.07. The first-order valence-corrected chi connectivity index (χ1v) is 5.24. The molecule has 0 amide bonds. The number of thiocarbonyl (C=S) groups is 1. The molecule has 0 spiro atoms. The van der Waals surface area contributed by atoms with Gasteiger partial charge in [0.1, 0.15) is 6.33 Å². The van der Waals surface area contributed by atoms with Gasteiger partial charge in [-0.3, -0.25) is 5.10 Å². The molecule has 0 saturated carbocycles. The van der Waals surface area contributed by atoms with Crippen LogP contribution in [-0.2, 0) is 6.42 Å². The number of H-pyrrole nitrogens is 1. The average molecular weight is 228 g/mol. The molecular weight excluding hydrogens is 212 g/mol. The monoisotopic (exact) mass is 228 g/mol. The molecule has 1 aromatic rings. The van der Waals surface area contributed by atoms with Gasteiger partial charge in [0.25, 0.3) is 0 Å². The number of nitrogens with one attached hydrogen (secondary N) is 4. The first-order chi connectivity index (χ1) is 7.33. The number of rotatable bonds is 6. The SMILES string of the molecule is CNC(=S)NCCNCCc1nc[nH]n1. The zero-order valence-corrected chi connectivity index (χ0v) is 9.52. The Morgan fingerprint density at radius 1 is 1.47 bits per heavy atom. The molecular formula is C8H16N6S. The zero-order chi connectivity index (χ0) is 10.9. The zero-order valence-electron chi connectivity index (χ0n) is 8.71. The second kappa shape index (κ2) is 7.13. The van der Waals surface area contributed by atoms with Crippen molar-refractivity contribution < 1.29 is 0 Å². The third-order valence-corrected chi connectivity index (χ3v) is 2.15. The maximum absolute atomic E-state index is 4.92. The fourth-order valence-electron chi connectivity index (χ4n) is 1.03. The first-order valence-electron chi connectivity index (χ1n) is 4.84. The van der Waals surface area contributed by atoms with Crippen molar-refractivity contribution in [2.45, 2.75) is 6.42 Å². The highest BCUT2D eigenvalue weighted by Crippen LogP contribution is 1.84. The van der Waals surface area contributed by atoms with Gasteiger partial charge in [0.05, 0.1) is 0 Å². The Balaban J connectivity index is 1.91. The van der Waals surface area contributed by atoms with E-state index in [1.165, 1.54) is 0 Å². The van der Waals surface area contributed by atoms with Crippen LogP contribution in [0.25, 0.3) is 0 Å². The Kier molecular flexibility index (Phi) is 5.64. The molecule has 0 atom stereocenters. The quantitative estimate of drug-likeness (QED) is 0.371. The Hall–Kier alpha value is -1.21. The lowest BCUT2D eigenvalue weighted by atomic mass is 10.4. The summed E-state index contributed by atoms with van der Waals surface area (Å²) in [5, 5.41) is 16.5. The van der Waals surface area contributed by atoms with E-state index in [0.29, 0.717) is 5.11 Å². The highest BCUT2D eigenvalue weighted by molar-refractivity contribution is 7.80. The molecule has 1 heterocycles. The Morgan fingerprint density at radius 3 is 3.00 bits per heavy atom. The predicted molar refractivity (Wildman–Crippen MR) is 62.6 cm³/mol. The summed E-state index contributed by atoms with van der Waals surface area (Å²) in [6.07, 6.45) is 2.42. The minimum atomic E-state index is 0.672. The number of hydrogen-bond acceptors (Lipinski definition) is 4. The van der Waals surface area contributed by atoms with Crippen molar-refractivity contribution in [2.75, 3.05) is 26.7 Å². The molecule has 0 aliphatic heterocycles. The van der Waals surface area contributed by atoms with Crippen LogP contribution in [0.5, 0.6) is 0 Å². The van der Waals surface area contributed by atoms with Crippen LogP contribution in [0.3, 0.4) is 0 Å². The van der Waals surface area contributed by atoms with Crippen LogP contribution in [0.2, 0.25) is 0 Å². The number of hydrogen-bond donors (Lipinski definition) is 4. The summed E-state index contributed by atoms with van der Waals surface area (Å²) in [6.45, 7) is 2.55. The molecule has 0 aliphatic rings. The summed E-state index contributed by atoms with van der Waals surface area (Å²) in [6, 6.07) is 0. The first kappa shape index (κ1) is 11.9. The Morgan fingerprint density at radius 2 is 2.33 bits per heavy atom. The van der Waals surface area contributed by atoms with Crippen LogP contribution in [0.4, 0.5) is 0 Å². The fraction of sp³-hybridized carbons (Fsp3) is 0.625. The molecule has 84 valence electrons. The van der Waals surface area contributed by atoms with Crippen LogP contribution < -0.4 is 16.0 Å². The Bertz CT molecular complexity index is 273. The molecule has 4 N–H and O–H groups in total. The smallest absolute Gasteiger partial charge is 0.166 e. The van der Waals surface area contributed by atoms with Crippen LogP contribution in [0, 0.1) is 0 Å². The fourth-order valence-corrected chi connectivity index (χ4v) is 1.14. The number of aromatic amines is 1. The predicted octanol–water partition coefficient (Wildman–Crippen LogP) is -0.969. The second-order valence-corrected chi connectivity index (χ2v) is 3.33. The van der Waals surface area contributed by atoms with Crippen molar-refractivity contribution in [1.82, 2.24) is 31.1 Å². The number of nitrogens with zero attached hydrogens (tertiary/aromatic N) is 2. The molecule has 0 aliphatic carbocycles. The van der Waals surface area contributed by atoms with Crippen molar-refractivity contribution in [1.29, 1.82) is 0 Å². The molecule has 15 heavy (non-hydrogen) atoms. The second-order valence-electron chi connectivity index (χ2n) is 2.92. The summed E-state index contributed by atoms with van der Waals surface area (Å²) in [5.74, 6) is 0.834. The molecule has 1 rings (SSSR count). The van der Waals surface area contributed by atoms with Gasteiger partial charge in [-0.25, -0.2) is 4.98 Å². The van der Waals surface area contributed by atoms with Gasteiger partial charge in [0.15, 0.2) is 10.9 Å². The molecule has 0 bridgehead atoms. The van der Waals surface area contributed by atoms with E-state index in [9.17, 15) is 0 Å². The minimum absolute atomic E-state index is 0.672. The summed E-state index contributed by atoms with van der Waals surface area (Å²) in [5.41, 5.74) is 0. The van der Waals surface area contributed by atoms with Gasteiger partial charge in [0.2, 0.25) is 0 Å². The lowest BCUT2D eigenvalue weighted by Crippen LogP contribution is -2.37. The van der Waals surface area contributed by atoms with E-state index in [1.807, 2.05) is 0 Å². The topological polar surface area (TPSA) is 77.7 Å². The lowest BCUT2D eigenvalue weighted by molar-refractivity contribution is 0.656. The van der Waals surface area contributed by atoms with Crippen LogP contribution >= 0.6 is 12.2 Å². The normalized spacial score (nSPS) is 9.93. The molecule has 0 aromatic carbocycles. The standard InChI is InChI=1S/C8H16N6S/c1-9-8(15)11-5-4-10-3-2-7-12-6-13-14-7/h6,10H,2-5H2,1H3,(H2,9,11,15)(H,12,13,14). The Labute approximate surface area is 94.2 Å².